The van der Waals surface area contributed by atoms with Gasteiger partial charge in [0.1, 0.15) is 12.2 Å². The van der Waals surface area contributed by atoms with Crippen LogP contribution in [0.25, 0.3) is 0 Å². The quantitative estimate of drug-likeness (QED) is 0.301. The van der Waals surface area contributed by atoms with Gasteiger partial charge in [-0.2, -0.15) is 0 Å². The van der Waals surface area contributed by atoms with Crippen molar-refractivity contribution in [2.24, 2.45) is 0 Å². The van der Waals surface area contributed by atoms with Gasteiger partial charge in [-0.15, -0.1) is 0 Å². The third-order valence-electron chi connectivity index (χ3n) is 2.59. The average Bonchev–Trinajstić information content (AvgIpc) is 2.55. The van der Waals surface area contributed by atoms with Gasteiger partial charge >= 0.3 is 19.8 Å². The molecule has 11 heteroatoms. The van der Waals surface area contributed by atoms with E-state index in [0.717, 1.165) is 0 Å². The lowest BCUT2D eigenvalue weighted by atomic mass is 10.3. The zero-order chi connectivity index (χ0) is 18.6. The van der Waals surface area contributed by atoms with E-state index < -0.39 is 58.4 Å². The van der Waals surface area contributed by atoms with Crippen LogP contribution in [-0.2, 0) is 32.7 Å². The first-order valence-corrected chi connectivity index (χ1v) is 9.00. The molecular weight excluding hydrogens is 347 g/mol. The second kappa shape index (κ2) is 12.3. The molecule has 10 nitrogen and oxygen atoms in total. The Hall–Kier alpha value is -1.03. The fraction of sp³-hybridized carbons (Fsp3) is 0.846. The largest absolute Gasteiger partial charge is 0.472 e. The summed E-state index contributed by atoms with van der Waals surface area (Å²) in [4.78, 5) is 31.9. The molecule has 0 aliphatic rings. The highest BCUT2D eigenvalue weighted by Crippen LogP contribution is 2.43. The number of phosphoric acid groups is 1. The lowest BCUT2D eigenvalue weighted by Gasteiger charge is -2.20. The first-order chi connectivity index (χ1) is 11.3. The third-order valence-corrected chi connectivity index (χ3v) is 3.54. The Morgan fingerprint density at radius 3 is 1.79 bits per heavy atom. The Labute approximate surface area is 140 Å². The zero-order valence-corrected chi connectivity index (χ0v) is 14.6. The lowest BCUT2D eigenvalue weighted by Crippen LogP contribution is -2.28. The van der Waals surface area contributed by atoms with Gasteiger partial charge in [-0.3, -0.25) is 18.6 Å². The Bertz CT molecular complexity index is 427. The van der Waals surface area contributed by atoms with Gasteiger partial charge in [0.05, 0.1) is 26.4 Å². The molecule has 0 aromatic rings. The zero-order valence-electron chi connectivity index (χ0n) is 13.8. The van der Waals surface area contributed by atoms with E-state index in [9.17, 15) is 19.0 Å². The highest BCUT2D eigenvalue weighted by atomic mass is 31.2. The molecule has 0 aromatic carbocycles. The van der Waals surface area contributed by atoms with Crippen molar-refractivity contribution in [2.45, 2.75) is 45.3 Å². The summed E-state index contributed by atoms with van der Waals surface area (Å²) in [6, 6.07) is 0. The van der Waals surface area contributed by atoms with Crippen LogP contribution in [-0.4, -0.2) is 65.7 Å². The smallest absolute Gasteiger partial charge is 0.457 e. The summed E-state index contributed by atoms with van der Waals surface area (Å²) in [5.41, 5.74) is 0. The van der Waals surface area contributed by atoms with Crippen LogP contribution in [0.5, 0.6) is 0 Å². The minimum Gasteiger partial charge on any atom is -0.457 e. The molecule has 0 spiro atoms. The van der Waals surface area contributed by atoms with E-state index in [-0.39, 0.29) is 12.8 Å². The van der Waals surface area contributed by atoms with Crippen molar-refractivity contribution in [2.75, 3.05) is 26.4 Å². The maximum absolute atomic E-state index is 11.7. The number of rotatable bonds is 13. The molecule has 0 rings (SSSR count). The van der Waals surface area contributed by atoms with Crippen molar-refractivity contribution in [3.8, 4) is 0 Å². The van der Waals surface area contributed by atoms with Crippen molar-refractivity contribution in [1.29, 1.82) is 0 Å². The molecular formula is C13H25O10P. The summed E-state index contributed by atoms with van der Waals surface area (Å²) < 4.78 is 30.5. The summed E-state index contributed by atoms with van der Waals surface area (Å²) in [6.07, 6.45) is -1.45. The Morgan fingerprint density at radius 2 is 1.42 bits per heavy atom. The summed E-state index contributed by atoms with van der Waals surface area (Å²) in [5.74, 6) is -1.17. The molecule has 0 fully saturated rings. The van der Waals surface area contributed by atoms with Crippen LogP contribution in [0, 0.1) is 0 Å². The fourth-order valence-corrected chi connectivity index (χ4v) is 2.14. The van der Waals surface area contributed by atoms with Crippen LogP contribution in [0.3, 0.4) is 0 Å². The molecule has 0 aromatic heterocycles. The fourth-order valence-electron chi connectivity index (χ4n) is 1.36. The molecule has 0 saturated heterocycles. The second-order valence-corrected chi connectivity index (χ2v) is 6.21. The van der Waals surface area contributed by atoms with Gasteiger partial charge in [-0.25, -0.2) is 4.57 Å². The molecule has 0 saturated carbocycles. The van der Waals surface area contributed by atoms with Gasteiger partial charge < -0.3 is 24.6 Å². The van der Waals surface area contributed by atoms with Crippen molar-refractivity contribution >= 4 is 19.8 Å². The molecule has 0 amide bonds. The van der Waals surface area contributed by atoms with E-state index >= 15 is 0 Å². The normalized spacial score (nSPS) is 16.0. The Balaban J connectivity index is 4.33. The number of ether oxygens (including phenoxy) is 2. The van der Waals surface area contributed by atoms with E-state index in [4.69, 9.17) is 19.7 Å². The van der Waals surface area contributed by atoms with E-state index in [1.54, 1.807) is 13.8 Å². The minimum absolute atomic E-state index is 0.0745. The molecule has 0 bridgehead atoms. The van der Waals surface area contributed by atoms with E-state index in [1.807, 2.05) is 0 Å². The highest BCUT2D eigenvalue weighted by Gasteiger charge is 2.27. The van der Waals surface area contributed by atoms with Crippen LogP contribution in [0.15, 0.2) is 0 Å². The van der Waals surface area contributed by atoms with Crippen molar-refractivity contribution < 1.29 is 47.8 Å². The van der Waals surface area contributed by atoms with Crippen LogP contribution < -0.4 is 0 Å². The maximum Gasteiger partial charge on any atom is 0.472 e. The molecule has 0 aliphatic heterocycles. The first kappa shape index (κ1) is 23.0. The summed E-state index contributed by atoms with van der Waals surface area (Å²) in [7, 11) is -4.54. The van der Waals surface area contributed by atoms with E-state index in [0.29, 0.717) is 6.42 Å². The molecule has 3 atom stereocenters. The SMILES string of the molecule is CCCC(=O)OC(CO)COP(=O)(O)OCC(CO)OC(=O)CC. The molecule has 3 unspecified atom stereocenters. The van der Waals surface area contributed by atoms with Crippen LogP contribution in [0.2, 0.25) is 0 Å². The van der Waals surface area contributed by atoms with Crippen molar-refractivity contribution in [3.05, 3.63) is 0 Å². The van der Waals surface area contributed by atoms with Gasteiger partial charge in [-0.1, -0.05) is 13.8 Å². The number of aliphatic hydroxyl groups excluding tert-OH is 2. The van der Waals surface area contributed by atoms with Crippen molar-refractivity contribution in [3.63, 3.8) is 0 Å². The second-order valence-electron chi connectivity index (χ2n) is 4.75. The number of carbonyl (C=O) groups excluding carboxylic acids is 2. The number of carbonyl (C=O) groups is 2. The predicted molar refractivity (Wildman–Crippen MR) is 80.9 cm³/mol. The number of phosphoric ester groups is 1. The molecule has 0 heterocycles. The average molecular weight is 372 g/mol. The first-order valence-electron chi connectivity index (χ1n) is 7.50. The van der Waals surface area contributed by atoms with Crippen LogP contribution in [0.1, 0.15) is 33.1 Å². The highest BCUT2D eigenvalue weighted by molar-refractivity contribution is 7.47. The molecule has 3 N–H and O–H groups in total. The Morgan fingerprint density at radius 1 is 0.958 bits per heavy atom. The summed E-state index contributed by atoms with van der Waals surface area (Å²) >= 11 is 0. The topological polar surface area (TPSA) is 149 Å². The van der Waals surface area contributed by atoms with Crippen LogP contribution >= 0.6 is 7.82 Å². The van der Waals surface area contributed by atoms with Gasteiger partial charge in [0, 0.05) is 12.8 Å². The Kier molecular flexibility index (Phi) is 11.8. The monoisotopic (exact) mass is 372 g/mol. The van der Waals surface area contributed by atoms with E-state index in [2.05, 4.69) is 9.05 Å². The minimum atomic E-state index is -4.54. The maximum atomic E-state index is 11.7. The molecule has 0 aliphatic carbocycles. The molecule has 24 heavy (non-hydrogen) atoms. The lowest BCUT2D eigenvalue weighted by molar-refractivity contribution is -0.153. The van der Waals surface area contributed by atoms with Crippen LogP contribution in [0.4, 0.5) is 0 Å². The molecule has 142 valence electrons. The van der Waals surface area contributed by atoms with Gasteiger partial charge in [0.15, 0.2) is 0 Å². The number of hydrogen-bond acceptors (Lipinski definition) is 9. The van der Waals surface area contributed by atoms with Gasteiger partial charge in [-0.05, 0) is 6.42 Å². The standard InChI is InChI=1S/C13H25O10P/c1-3-5-13(17)23-11(7-15)9-21-24(18,19)20-8-10(6-14)22-12(16)4-2/h10-11,14-15H,3-9H2,1-2H3,(H,18,19). The summed E-state index contributed by atoms with van der Waals surface area (Å²) in [6.45, 7) is 1.01. The number of esters is 2. The summed E-state index contributed by atoms with van der Waals surface area (Å²) in [5, 5.41) is 18.1. The van der Waals surface area contributed by atoms with Gasteiger partial charge in [0.25, 0.3) is 0 Å². The number of hydrogen-bond donors (Lipinski definition) is 3. The third kappa shape index (κ3) is 10.7. The van der Waals surface area contributed by atoms with Gasteiger partial charge in [0.2, 0.25) is 0 Å². The van der Waals surface area contributed by atoms with E-state index in [1.165, 1.54) is 0 Å². The molecule has 0 radical (unpaired) electrons. The predicted octanol–water partition coefficient (Wildman–Crippen LogP) is 0.138. The number of aliphatic hydroxyl groups is 2. The van der Waals surface area contributed by atoms with Crippen molar-refractivity contribution in [1.82, 2.24) is 0 Å².